The maximum absolute atomic E-state index is 12.1. The van der Waals surface area contributed by atoms with Crippen LogP contribution in [0.15, 0.2) is 18.2 Å². The van der Waals surface area contributed by atoms with Gasteiger partial charge in [0.15, 0.2) is 0 Å². The Morgan fingerprint density at radius 2 is 2.11 bits per heavy atom. The first-order valence-electron chi connectivity index (χ1n) is 5.69. The molecule has 2 aliphatic heterocycles. The van der Waals surface area contributed by atoms with Gasteiger partial charge < -0.3 is 4.90 Å². The van der Waals surface area contributed by atoms with Gasteiger partial charge in [0.1, 0.15) is 5.78 Å². The molecule has 3 rings (SSSR count). The van der Waals surface area contributed by atoms with E-state index in [1.807, 2.05) is 0 Å². The number of nitrogens with zero attached hydrogens (tertiary/aromatic N) is 2. The van der Waals surface area contributed by atoms with Gasteiger partial charge in [0.2, 0.25) is 0 Å². The lowest BCUT2D eigenvalue weighted by molar-refractivity contribution is -0.385. The molecule has 1 atom stereocenters. The highest BCUT2D eigenvalue weighted by Crippen LogP contribution is 2.43. The Balaban J connectivity index is 2.18. The molecule has 1 aromatic carbocycles. The lowest BCUT2D eigenvalue weighted by atomic mass is 9.95. The van der Waals surface area contributed by atoms with Crippen LogP contribution in [0.2, 0.25) is 0 Å². The van der Waals surface area contributed by atoms with E-state index >= 15 is 0 Å². The van der Waals surface area contributed by atoms with E-state index in [4.69, 9.17) is 0 Å². The average molecular weight is 246 g/mol. The number of carbonyl (C=O) groups excluding carboxylic acids is 2. The number of Topliss-reactive ketones (excluding diaryl/α,β-unsaturated/α-hetero) is 1. The highest BCUT2D eigenvalue weighted by Gasteiger charge is 2.44. The molecule has 0 aliphatic carbocycles. The molecule has 1 aromatic rings. The minimum Gasteiger partial charge on any atom is -0.330 e. The van der Waals surface area contributed by atoms with Crippen molar-refractivity contribution < 1.29 is 14.5 Å². The number of rotatable bonds is 1. The lowest BCUT2D eigenvalue weighted by Crippen LogP contribution is -2.35. The third-order valence-corrected chi connectivity index (χ3v) is 3.53. The van der Waals surface area contributed by atoms with Gasteiger partial charge in [-0.25, -0.2) is 0 Å². The van der Waals surface area contributed by atoms with Gasteiger partial charge in [0.05, 0.1) is 22.1 Å². The molecule has 0 aromatic heterocycles. The van der Waals surface area contributed by atoms with Crippen LogP contribution in [0.4, 0.5) is 5.69 Å². The van der Waals surface area contributed by atoms with Crippen LogP contribution < -0.4 is 0 Å². The van der Waals surface area contributed by atoms with Gasteiger partial charge in [-0.1, -0.05) is 6.07 Å². The number of hydrogen-bond acceptors (Lipinski definition) is 4. The van der Waals surface area contributed by atoms with E-state index in [0.717, 1.165) is 0 Å². The highest BCUT2D eigenvalue weighted by atomic mass is 16.6. The van der Waals surface area contributed by atoms with E-state index in [2.05, 4.69) is 0 Å². The van der Waals surface area contributed by atoms with Gasteiger partial charge in [-0.2, -0.15) is 0 Å². The highest BCUT2D eigenvalue weighted by molar-refractivity contribution is 6.02. The molecular weight excluding hydrogens is 236 g/mol. The molecule has 1 unspecified atom stereocenters. The maximum Gasteiger partial charge on any atom is 0.275 e. The number of hydrogen-bond donors (Lipinski definition) is 0. The van der Waals surface area contributed by atoms with Crippen molar-refractivity contribution in [2.45, 2.75) is 18.9 Å². The minimum atomic E-state index is -0.491. The second-order valence-electron chi connectivity index (χ2n) is 4.50. The van der Waals surface area contributed by atoms with Crippen LogP contribution in [0.25, 0.3) is 0 Å². The van der Waals surface area contributed by atoms with Crippen molar-refractivity contribution in [3.05, 3.63) is 39.4 Å². The topological polar surface area (TPSA) is 80.5 Å². The first-order valence-corrected chi connectivity index (χ1v) is 5.69. The summed E-state index contributed by atoms with van der Waals surface area (Å²) in [5.74, 6) is -0.152. The zero-order valence-corrected chi connectivity index (χ0v) is 9.46. The zero-order chi connectivity index (χ0) is 12.9. The largest absolute Gasteiger partial charge is 0.330 e. The fourth-order valence-electron chi connectivity index (χ4n) is 2.73. The summed E-state index contributed by atoms with van der Waals surface area (Å²) in [4.78, 5) is 35.7. The van der Waals surface area contributed by atoms with E-state index < -0.39 is 11.0 Å². The van der Waals surface area contributed by atoms with Crippen molar-refractivity contribution in [2.24, 2.45) is 0 Å². The molecule has 6 heteroatoms. The molecule has 0 radical (unpaired) electrons. The summed E-state index contributed by atoms with van der Waals surface area (Å²) in [7, 11) is 0. The fourth-order valence-corrected chi connectivity index (χ4v) is 2.73. The van der Waals surface area contributed by atoms with Gasteiger partial charge in [0.25, 0.3) is 11.6 Å². The molecule has 0 N–H and O–H groups in total. The van der Waals surface area contributed by atoms with Crippen LogP contribution in [-0.2, 0) is 4.79 Å². The number of piperidine rings is 1. The number of nitro benzene ring substituents is 1. The smallest absolute Gasteiger partial charge is 0.275 e. The molecule has 1 saturated heterocycles. The van der Waals surface area contributed by atoms with Crippen molar-refractivity contribution >= 4 is 17.4 Å². The molecule has 6 nitrogen and oxygen atoms in total. The Labute approximate surface area is 102 Å². The van der Waals surface area contributed by atoms with Crippen LogP contribution in [0.5, 0.6) is 0 Å². The second kappa shape index (κ2) is 3.63. The molecular formula is C12H10N2O4. The van der Waals surface area contributed by atoms with Gasteiger partial charge in [-0.05, 0) is 6.07 Å². The van der Waals surface area contributed by atoms with Gasteiger partial charge in [-0.3, -0.25) is 19.7 Å². The molecule has 0 bridgehead atoms. The Bertz CT molecular complexity index is 581. The number of ketones is 1. The SMILES string of the molecule is O=C1CCN2C(=O)c3cccc([N+](=O)[O-])c3C2C1. The van der Waals surface area contributed by atoms with Crippen LogP contribution in [0.3, 0.4) is 0 Å². The van der Waals surface area contributed by atoms with Crippen molar-refractivity contribution in [1.82, 2.24) is 4.90 Å². The van der Waals surface area contributed by atoms with Crippen LogP contribution >= 0.6 is 0 Å². The number of carbonyl (C=O) groups is 2. The predicted octanol–water partition coefficient (Wildman–Crippen LogP) is 1.45. The Hall–Kier alpha value is -2.24. The minimum absolute atomic E-state index is 0.0510. The summed E-state index contributed by atoms with van der Waals surface area (Å²) in [6.45, 7) is 0.355. The molecule has 18 heavy (non-hydrogen) atoms. The quantitative estimate of drug-likeness (QED) is 0.554. The van der Waals surface area contributed by atoms with E-state index in [9.17, 15) is 19.7 Å². The summed E-state index contributed by atoms with van der Waals surface area (Å²) < 4.78 is 0. The van der Waals surface area contributed by atoms with Gasteiger partial charge in [0, 0.05) is 25.5 Å². The molecule has 1 fully saturated rings. The normalized spacial score (nSPS) is 21.8. The monoisotopic (exact) mass is 246 g/mol. The second-order valence-corrected chi connectivity index (χ2v) is 4.50. The van der Waals surface area contributed by atoms with E-state index in [-0.39, 0.29) is 23.8 Å². The maximum atomic E-state index is 12.1. The number of nitro groups is 1. The summed E-state index contributed by atoms with van der Waals surface area (Å²) >= 11 is 0. The van der Waals surface area contributed by atoms with Crippen molar-refractivity contribution in [3.63, 3.8) is 0 Å². The van der Waals surface area contributed by atoms with E-state index in [1.165, 1.54) is 12.1 Å². The first kappa shape index (κ1) is 10.9. The Kier molecular flexibility index (Phi) is 2.19. The molecule has 0 saturated carbocycles. The Morgan fingerprint density at radius 1 is 1.33 bits per heavy atom. The van der Waals surface area contributed by atoms with E-state index in [1.54, 1.807) is 11.0 Å². The van der Waals surface area contributed by atoms with Crippen LogP contribution in [-0.4, -0.2) is 28.1 Å². The summed E-state index contributed by atoms with van der Waals surface area (Å²) in [5.41, 5.74) is 0.701. The number of fused-ring (bicyclic) bond motifs is 3. The molecule has 92 valence electrons. The van der Waals surface area contributed by atoms with Crippen molar-refractivity contribution in [3.8, 4) is 0 Å². The first-order chi connectivity index (χ1) is 8.59. The molecule has 0 spiro atoms. The fraction of sp³-hybridized carbons (Fsp3) is 0.333. The van der Waals surface area contributed by atoms with Gasteiger partial charge in [-0.15, -0.1) is 0 Å². The van der Waals surface area contributed by atoms with Crippen molar-refractivity contribution in [1.29, 1.82) is 0 Å². The molecule has 1 amide bonds. The molecule has 2 aliphatic rings. The predicted molar refractivity (Wildman–Crippen MR) is 61.1 cm³/mol. The zero-order valence-electron chi connectivity index (χ0n) is 9.46. The number of amides is 1. The van der Waals surface area contributed by atoms with Crippen LogP contribution in [0.1, 0.15) is 34.8 Å². The summed E-state index contributed by atoms with van der Waals surface area (Å²) in [6.07, 6.45) is 0.521. The van der Waals surface area contributed by atoms with Crippen molar-refractivity contribution in [2.75, 3.05) is 6.54 Å². The number of benzene rings is 1. The Morgan fingerprint density at radius 3 is 2.83 bits per heavy atom. The van der Waals surface area contributed by atoms with Crippen LogP contribution in [0, 0.1) is 10.1 Å². The lowest BCUT2D eigenvalue weighted by Gasteiger charge is -2.28. The third kappa shape index (κ3) is 1.35. The third-order valence-electron chi connectivity index (χ3n) is 3.53. The summed E-state index contributed by atoms with van der Waals surface area (Å²) in [6, 6.07) is 4.03. The average Bonchev–Trinajstić information content (AvgIpc) is 2.63. The van der Waals surface area contributed by atoms with Gasteiger partial charge >= 0.3 is 0 Å². The molecule has 2 heterocycles. The van der Waals surface area contributed by atoms with E-state index in [0.29, 0.717) is 24.1 Å². The summed E-state index contributed by atoms with van der Waals surface area (Å²) in [5, 5.41) is 11.0. The standard InChI is InChI=1S/C12H10N2O4/c15-7-4-5-13-10(6-7)11-8(12(13)16)2-1-3-9(11)14(17)18/h1-3,10H,4-6H2.